The van der Waals surface area contributed by atoms with Crippen LogP contribution in [0.2, 0.25) is 0 Å². The first kappa shape index (κ1) is 11.1. The van der Waals surface area contributed by atoms with E-state index >= 15 is 0 Å². The van der Waals surface area contributed by atoms with Crippen LogP contribution in [0.15, 0.2) is 24.4 Å². The standard InChI is InChI=1S/C12H16N2O2/c15-12(11-5-1-2-7-13-11)14-8-6-10-4-3-9-16-10/h1-2,5,7,10H,3-4,6,8-9H2,(H,14,15)/t10-/m0/s1. The molecule has 1 amide bonds. The second-order valence-electron chi connectivity index (χ2n) is 3.89. The third-order valence-corrected chi connectivity index (χ3v) is 2.67. The maximum absolute atomic E-state index is 11.6. The predicted molar refractivity (Wildman–Crippen MR) is 60.2 cm³/mol. The molecule has 2 heterocycles. The molecule has 16 heavy (non-hydrogen) atoms. The van der Waals surface area contributed by atoms with Crippen LogP contribution >= 0.6 is 0 Å². The van der Waals surface area contributed by atoms with E-state index in [0.29, 0.717) is 18.3 Å². The van der Waals surface area contributed by atoms with Crippen LogP contribution in [-0.4, -0.2) is 30.1 Å². The molecule has 0 aromatic carbocycles. The number of carbonyl (C=O) groups excluding carboxylic acids is 1. The van der Waals surface area contributed by atoms with E-state index in [-0.39, 0.29) is 5.91 Å². The highest BCUT2D eigenvalue weighted by Gasteiger charge is 2.15. The molecule has 86 valence electrons. The predicted octanol–water partition coefficient (Wildman–Crippen LogP) is 1.38. The second-order valence-corrected chi connectivity index (χ2v) is 3.89. The van der Waals surface area contributed by atoms with Gasteiger partial charge in [0.15, 0.2) is 0 Å². The van der Waals surface area contributed by atoms with Crippen LogP contribution < -0.4 is 5.32 Å². The third-order valence-electron chi connectivity index (χ3n) is 2.67. The van der Waals surface area contributed by atoms with Crippen LogP contribution in [-0.2, 0) is 4.74 Å². The fourth-order valence-electron chi connectivity index (χ4n) is 1.81. The van der Waals surface area contributed by atoms with E-state index < -0.39 is 0 Å². The maximum Gasteiger partial charge on any atom is 0.269 e. The molecular weight excluding hydrogens is 204 g/mol. The lowest BCUT2D eigenvalue weighted by molar-refractivity contribution is 0.0903. The normalized spacial score (nSPS) is 19.6. The van der Waals surface area contributed by atoms with Gasteiger partial charge in [-0.3, -0.25) is 9.78 Å². The lowest BCUT2D eigenvalue weighted by Crippen LogP contribution is -2.27. The number of rotatable bonds is 4. The molecule has 0 bridgehead atoms. The summed E-state index contributed by atoms with van der Waals surface area (Å²) in [5.41, 5.74) is 0.467. The van der Waals surface area contributed by atoms with Crippen LogP contribution in [0.25, 0.3) is 0 Å². The van der Waals surface area contributed by atoms with E-state index in [2.05, 4.69) is 10.3 Å². The van der Waals surface area contributed by atoms with Crippen LogP contribution in [0.3, 0.4) is 0 Å². The highest BCUT2D eigenvalue weighted by atomic mass is 16.5. The number of hydrogen-bond acceptors (Lipinski definition) is 3. The molecule has 1 N–H and O–H groups in total. The van der Waals surface area contributed by atoms with Crippen molar-refractivity contribution in [3.63, 3.8) is 0 Å². The molecule has 1 fully saturated rings. The minimum absolute atomic E-state index is 0.112. The molecule has 2 rings (SSSR count). The van der Waals surface area contributed by atoms with E-state index in [1.807, 2.05) is 6.07 Å². The van der Waals surface area contributed by atoms with Gasteiger partial charge in [0.05, 0.1) is 6.10 Å². The Morgan fingerprint density at radius 2 is 2.50 bits per heavy atom. The van der Waals surface area contributed by atoms with Gasteiger partial charge < -0.3 is 10.1 Å². The van der Waals surface area contributed by atoms with Gasteiger partial charge in [-0.2, -0.15) is 0 Å². The van der Waals surface area contributed by atoms with Crippen molar-refractivity contribution in [1.29, 1.82) is 0 Å². The Hall–Kier alpha value is -1.42. The first-order valence-corrected chi connectivity index (χ1v) is 5.67. The SMILES string of the molecule is O=C(NCC[C@@H]1CCCO1)c1ccccn1. The molecule has 1 saturated heterocycles. The van der Waals surface area contributed by atoms with Gasteiger partial charge in [0, 0.05) is 19.3 Å². The highest BCUT2D eigenvalue weighted by Crippen LogP contribution is 2.14. The summed E-state index contributed by atoms with van der Waals surface area (Å²) in [4.78, 5) is 15.6. The summed E-state index contributed by atoms with van der Waals surface area (Å²) in [7, 11) is 0. The molecule has 0 saturated carbocycles. The monoisotopic (exact) mass is 220 g/mol. The molecule has 1 aromatic rings. The lowest BCUT2D eigenvalue weighted by atomic mass is 10.2. The molecular formula is C12H16N2O2. The number of amides is 1. The van der Waals surface area contributed by atoms with Crippen molar-refractivity contribution in [2.24, 2.45) is 0 Å². The van der Waals surface area contributed by atoms with E-state index in [9.17, 15) is 4.79 Å². The van der Waals surface area contributed by atoms with Crippen LogP contribution in [0.4, 0.5) is 0 Å². The molecule has 0 radical (unpaired) electrons. The van der Waals surface area contributed by atoms with E-state index in [1.54, 1.807) is 18.3 Å². The second kappa shape index (κ2) is 5.61. The Labute approximate surface area is 95.0 Å². The zero-order chi connectivity index (χ0) is 11.2. The summed E-state index contributed by atoms with van der Waals surface area (Å²) in [5.74, 6) is -0.112. The number of aromatic nitrogens is 1. The van der Waals surface area contributed by atoms with Gasteiger partial charge in [-0.1, -0.05) is 6.07 Å². The quantitative estimate of drug-likeness (QED) is 0.834. The molecule has 0 aliphatic carbocycles. The van der Waals surface area contributed by atoms with Gasteiger partial charge in [-0.05, 0) is 31.4 Å². The Balaban J connectivity index is 1.71. The van der Waals surface area contributed by atoms with Gasteiger partial charge in [0.25, 0.3) is 5.91 Å². The Morgan fingerprint density at radius 1 is 1.56 bits per heavy atom. The number of nitrogens with one attached hydrogen (secondary N) is 1. The van der Waals surface area contributed by atoms with E-state index in [0.717, 1.165) is 25.9 Å². The average Bonchev–Trinajstić information content (AvgIpc) is 2.83. The molecule has 1 atom stereocenters. The van der Waals surface area contributed by atoms with Gasteiger partial charge in [-0.25, -0.2) is 0 Å². The number of ether oxygens (including phenoxy) is 1. The van der Waals surface area contributed by atoms with Crippen molar-refractivity contribution in [1.82, 2.24) is 10.3 Å². The smallest absolute Gasteiger partial charge is 0.269 e. The summed E-state index contributed by atoms with van der Waals surface area (Å²) < 4.78 is 5.47. The van der Waals surface area contributed by atoms with Crippen molar-refractivity contribution in [3.05, 3.63) is 30.1 Å². The number of hydrogen-bond donors (Lipinski definition) is 1. The summed E-state index contributed by atoms with van der Waals surface area (Å²) in [6, 6.07) is 5.31. The minimum Gasteiger partial charge on any atom is -0.378 e. The van der Waals surface area contributed by atoms with Crippen molar-refractivity contribution < 1.29 is 9.53 Å². The first-order chi connectivity index (χ1) is 7.86. The summed E-state index contributed by atoms with van der Waals surface area (Å²) in [6.45, 7) is 1.51. The van der Waals surface area contributed by atoms with Crippen molar-refractivity contribution in [2.45, 2.75) is 25.4 Å². The molecule has 4 nitrogen and oxygen atoms in total. The van der Waals surface area contributed by atoms with Crippen LogP contribution in [0.1, 0.15) is 29.8 Å². The highest BCUT2D eigenvalue weighted by molar-refractivity contribution is 5.92. The topological polar surface area (TPSA) is 51.2 Å². The zero-order valence-electron chi connectivity index (χ0n) is 9.19. The summed E-state index contributed by atoms with van der Waals surface area (Å²) >= 11 is 0. The van der Waals surface area contributed by atoms with E-state index in [1.165, 1.54) is 0 Å². The molecule has 1 aromatic heterocycles. The van der Waals surface area contributed by atoms with Crippen molar-refractivity contribution in [3.8, 4) is 0 Å². The average molecular weight is 220 g/mol. The van der Waals surface area contributed by atoms with Crippen molar-refractivity contribution in [2.75, 3.05) is 13.2 Å². The molecule has 4 heteroatoms. The van der Waals surface area contributed by atoms with Gasteiger partial charge in [0.2, 0.25) is 0 Å². The Kier molecular flexibility index (Phi) is 3.88. The van der Waals surface area contributed by atoms with Crippen molar-refractivity contribution >= 4 is 5.91 Å². The van der Waals surface area contributed by atoms with Gasteiger partial charge >= 0.3 is 0 Å². The third kappa shape index (κ3) is 3.03. The molecule has 0 unspecified atom stereocenters. The largest absolute Gasteiger partial charge is 0.378 e. The molecule has 1 aliphatic heterocycles. The fourth-order valence-corrected chi connectivity index (χ4v) is 1.81. The minimum atomic E-state index is -0.112. The molecule has 0 spiro atoms. The van der Waals surface area contributed by atoms with Crippen LogP contribution in [0, 0.1) is 0 Å². The fraction of sp³-hybridized carbons (Fsp3) is 0.500. The molecule has 1 aliphatic rings. The number of nitrogens with zero attached hydrogens (tertiary/aromatic N) is 1. The Bertz CT molecular complexity index is 334. The number of pyridine rings is 1. The van der Waals surface area contributed by atoms with E-state index in [4.69, 9.17) is 4.74 Å². The summed E-state index contributed by atoms with van der Waals surface area (Å²) in [5, 5.41) is 2.84. The lowest BCUT2D eigenvalue weighted by Gasteiger charge is -2.09. The zero-order valence-corrected chi connectivity index (χ0v) is 9.19. The Morgan fingerprint density at radius 3 is 3.19 bits per heavy atom. The van der Waals surface area contributed by atoms with Gasteiger partial charge in [-0.15, -0.1) is 0 Å². The summed E-state index contributed by atoms with van der Waals surface area (Å²) in [6.07, 6.45) is 5.08. The number of carbonyl (C=O) groups is 1. The maximum atomic E-state index is 11.6. The van der Waals surface area contributed by atoms with Gasteiger partial charge in [0.1, 0.15) is 5.69 Å². The first-order valence-electron chi connectivity index (χ1n) is 5.67. The van der Waals surface area contributed by atoms with Crippen LogP contribution in [0.5, 0.6) is 0 Å².